The first-order chi connectivity index (χ1) is 8.45. The van der Waals surface area contributed by atoms with Gasteiger partial charge in [-0.1, -0.05) is 17.7 Å². The van der Waals surface area contributed by atoms with E-state index in [4.69, 9.17) is 17.0 Å². The minimum Gasteiger partial charge on any atom is -0.383 e. The highest BCUT2D eigenvalue weighted by molar-refractivity contribution is 7.80. The molecule has 0 aromatic heterocycles. The predicted molar refractivity (Wildman–Crippen MR) is 81.4 cm³/mol. The Morgan fingerprint density at radius 3 is 2.67 bits per heavy atom. The van der Waals surface area contributed by atoms with Crippen LogP contribution in [0.5, 0.6) is 0 Å². The summed E-state index contributed by atoms with van der Waals surface area (Å²) in [5.74, 6) is 0. The van der Waals surface area contributed by atoms with Gasteiger partial charge < -0.3 is 15.0 Å². The van der Waals surface area contributed by atoms with E-state index in [1.54, 1.807) is 7.11 Å². The van der Waals surface area contributed by atoms with Crippen LogP contribution in [-0.4, -0.2) is 31.9 Å². The Balaban J connectivity index is 2.74. The lowest BCUT2D eigenvalue weighted by molar-refractivity contribution is 0.179. The zero-order chi connectivity index (χ0) is 13.7. The monoisotopic (exact) mass is 266 g/mol. The van der Waals surface area contributed by atoms with Crippen LogP contribution in [0.2, 0.25) is 0 Å². The standard InChI is InChI=1S/C14H22N2OS/c1-10-6-7-13(11(2)8-10)16(4)14(18)15-12(3)9-17-5/h6-8,12H,9H2,1-5H3,(H,15,18). The first kappa shape index (κ1) is 14.9. The minimum atomic E-state index is 0.204. The predicted octanol–water partition coefficient (Wildman–Crippen LogP) is 2.65. The van der Waals surface area contributed by atoms with E-state index in [-0.39, 0.29) is 6.04 Å². The lowest BCUT2D eigenvalue weighted by Crippen LogP contribution is -2.43. The molecule has 1 unspecified atom stereocenters. The summed E-state index contributed by atoms with van der Waals surface area (Å²) in [5.41, 5.74) is 3.61. The van der Waals surface area contributed by atoms with Gasteiger partial charge in [-0.15, -0.1) is 0 Å². The third-order valence-electron chi connectivity index (χ3n) is 2.80. The number of hydrogen-bond donors (Lipinski definition) is 1. The van der Waals surface area contributed by atoms with Crippen LogP contribution in [-0.2, 0) is 4.74 Å². The lowest BCUT2D eigenvalue weighted by Gasteiger charge is -2.25. The van der Waals surface area contributed by atoms with Crippen molar-refractivity contribution in [1.29, 1.82) is 0 Å². The highest BCUT2D eigenvalue weighted by Gasteiger charge is 2.11. The number of methoxy groups -OCH3 is 1. The molecule has 0 bridgehead atoms. The molecule has 0 fully saturated rings. The maximum Gasteiger partial charge on any atom is 0.173 e. The van der Waals surface area contributed by atoms with E-state index in [1.165, 1.54) is 11.1 Å². The molecule has 1 rings (SSSR count). The Morgan fingerprint density at radius 1 is 1.44 bits per heavy atom. The molecular formula is C14H22N2OS. The Bertz CT molecular complexity index is 420. The van der Waals surface area contributed by atoms with Crippen LogP contribution in [0.3, 0.4) is 0 Å². The molecule has 0 aliphatic carbocycles. The van der Waals surface area contributed by atoms with Crippen LogP contribution in [0.15, 0.2) is 18.2 Å². The fourth-order valence-electron chi connectivity index (χ4n) is 1.89. The van der Waals surface area contributed by atoms with Gasteiger partial charge in [-0.3, -0.25) is 0 Å². The number of anilines is 1. The SMILES string of the molecule is COCC(C)NC(=S)N(C)c1ccc(C)cc1C. The van der Waals surface area contributed by atoms with E-state index in [9.17, 15) is 0 Å². The van der Waals surface area contributed by atoms with Crippen LogP contribution in [0, 0.1) is 13.8 Å². The van der Waals surface area contributed by atoms with Gasteiger partial charge in [0.2, 0.25) is 0 Å². The van der Waals surface area contributed by atoms with E-state index in [2.05, 4.69) is 37.4 Å². The average Bonchev–Trinajstić information content (AvgIpc) is 2.28. The molecule has 0 spiro atoms. The Morgan fingerprint density at radius 2 is 2.11 bits per heavy atom. The molecular weight excluding hydrogens is 244 g/mol. The van der Waals surface area contributed by atoms with Crippen molar-refractivity contribution in [2.75, 3.05) is 25.7 Å². The maximum atomic E-state index is 5.40. The third kappa shape index (κ3) is 3.96. The summed E-state index contributed by atoms with van der Waals surface area (Å²) in [7, 11) is 3.67. The van der Waals surface area contributed by atoms with Crippen molar-refractivity contribution in [3.8, 4) is 0 Å². The van der Waals surface area contributed by atoms with Crippen LogP contribution in [0.1, 0.15) is 18.1 Å². The Labute approximate surface area is 115 Å². The molecule has 3 nitrogen and oxygen atoms in total. The molecule has 18 heavy (non-hydrogen) atoms. The number of nitrogens with one attached hydrogen (secondary N) is 1. The molecule has 0 aliphatic heterocycles. The van der Waals surface area contributed by atoms with Crippen molar-refractivity contribution >= 4 is 23.0 Å². The molecule has 0 heterocycles. The second kappa shape index (κ2) is 6.71. The molecule has 1 N–H and O–H groups in total. The molecule has 1 aromatic rings. The van der Waals surface area contributed by atoms with Crippen molar-refractivity contribution in [2.45, 2.75) is 26.8 Å². The van der Waals surface area contributed by atoms with Gasteiger partial charge in [-0.2, -0.15) is 0 Å². The molecule has 0 amide bonds. The molecule has 0 saturated heterocycles. The molecule has 0 saturated carbocycles. The summed E-state index contributed by atoms with van der Waals surface area (Å²) in [6, 6.07) is 6.56. The van der Waals surface area contributed by atoms with Crippen molar-refractivity contribution in [1.82, 2.24) is 5.32 Å². The highest BCUT2D eigenvalue weighted by Crippen LogP contribution is 2.20. The van der Waals surface area contributed by atoms with E-state index >= 15 is 0 Å². The summed E-state index contributed by atoms with van der Waals surface area (Å²) >= 11 is 5.40. The fraction of sp³-hybridized carbons (Fsp3) is 0.500. The quantitative estimate of drug-likeness (QED) is 0.847. The second-order valence-corrected chi connectivity index (χ2v) is 5.04. The maximum absolute atomic E-state index is 5.40. The van der Waals surface area contributed by atoms with E-state index in [1.807, 2.05) is 18.9 Å². The molecule has 1 aromatic carbocycles. The second-order valence-electron chi connectivity index (χ2n) is 4.65. The van der Waals surface area contributed by atoms with Gasteiger partial charge in [0, 0.05) is 25.9 Å². The zero-order valence-corrected chi connectivity index (χ0v) is 12.6. The van der Waals surface area contributed by atoms with Gasteiger partial charge in [0.1, 0.15) is 0 Å². The van der Waals surface area contributed by atoms with E-state index in [0.717, 1.165) is 5.69 Å². The van der Waals surface area contributed by atoms with E-state index in [0.29, 0.717) is 11.7 Å². The molecule has 1 atom stereocenters. The largest absolute Gasteiger partial charge is 0.383 e. The smallest absolute Gasteiger partial charge is 0.173 e. The van der Waals surface area contributed by atoms with Crippen LogP contribution in [0.25, 0.3) is 0 Å². The number of aryl methyl sites for hydroxylation is 2. The zero-order valence-electron chi connectivity index (χ0n) is 11.8. The fourth-order valence-corrected chi connectivity index (χ4v) is 2.19. The number of rotatable bonds is 4. The van der Waals surface area contributed by atoms with Gasteiger partial charge >= 0.3 is 0 Å². The number of hydrogen-bond acceptors (Lipinski definition) is 2. The highest BCUT2D eigenvalue weighted by atomic mass is 32.1. The summed E-state index contributed by atoms with van der Waals surface area (Å²) < 4.78 is 5.09. The van der Waals surface area contributed by atoms with Crippen molar-refractivity contribution in [2.24, 2.45) is 0 Å². The average molecular weight is 266 g/mol. The van der Waals surface area contributed by atoms with Gasteiger partial charge in [-0.05, 0) is 44.6 Å². The molecule has 100 valence electrons. The topological polar surface area (TPSA) is 24.5 Å². The Hall–Kier alpha value is -1.13. The number of thiocarbonyl (C=S) groups is 1. The minimum absolute atomic E-state index is 0.204. The number of nitrogens with zero attached hydrogens (tertiary/aromatic N) is 1. The van der Waals surface area contributed by atoms with Gasteiger partial charge in [0.05, 0.1) is 6.61 Å². The van der Waals surface area contributed by atoms with Gasteiger partial charge in [0.15, 0.2) is 5.11 Å². The van der Waals surface area contributed by atoms with Crippen molar-refractivity contribution < 1.29 is 4.74 Å². The lowest BCUT2D eigenvalue weighted by atomic mass is 10.1. The molecule has 4 heteroatoms. The third-order valence-corrected chi connectivity index (χ3v) is 3.20. The first-order valence-corrected chi connectivity index (χ1v) is 6.47. The van der Waals surface area contributed by atoms with Gasteiger partial charge in [-0.25, -0.2) is 0 Å². The van der Waals surface area contributed by atoms with Crippen LogP contribution in [0.4, 0.5) is 5.69 Å². The molecule has 0 radical (unpaired) electrons. The van der Waals surface area contributed by atoms with Crippen LogP contribution < -0.4 is 10.2 Å². The van der Waals surface area contributed by atoms with Crippen LogP contribution >= 0.6 is 12.2 Å². The summed E-state index contributed by atoms with van der Waals surface area (Å²) in [5, 5.41) is 3.97. The number of ether oxygens (including phenoxy) is 1. The summed E-state index contributed by atoms with van der Waals surface area (Å²) in [6.45, 7) is 6.88. The van der Waals surface area contributed by atoms with Crippen molar-refractivity contribution in [3.63, 3.8) is 0 Å². The summed E-state index contributed by atoms with van der Waals surface area (Å²) in [6.07, 6.45) is 0. The van der Waals surface area contributed by atoms with Crippen molar-refractivity contribution in [3.05, 3.63) is 29.3 Å². The van der Waals surface area contributed by atoms with E-state index < -0.39 is 0 Å². The normalized spacial score (nSPS) is 12.1. The summed E-state index contributed by atoms with van der Waals surface area (Å²) in [4.78, 5) is 2.00. The van der Waals surface area contributed by atoms with Gasteiger partial charge in [0.25, 0.3) is 0 Å². The number of benzene rings is 1. The Kier molecular flexibility index (Phi) is 5.56. The first-order valence-electron chi connectivity index (χ1n) is 6.06. The molecule has 0 aliphatic rings.